The number of likely N-dealkylation sites (N-methyl/N-ethyl adjacent to an activating group) is 1. The molecule has 3 aliphatic rings. The Bertz CT molecular complexity index is 1520. The van der Waals surface area contributed by atoms with Crippen LogP contribution in [-0.2, 0) is 16.1 Å². The zero-order chi connectivity index (χ0) is 30.8. The van der Waals surface area contributed by atoms with Crippen LogP contribution in [0.25, 0.3) is 11.3 Å². The average Bonchev–Trinajstić information content (AvgIpc) is 3.37. The van der Waals surface area contributed by atoms with Crippen molar-refractivity contribution in [2.24, 2.45) is 0 Å². The summed E-state index contributed by atoms with van der Waals surface area (Å²) in [4.78, 5) is 42.4. The number of aromatic nitrogens is 2. The first kappa shape index (κ1) is 30.3. The van der Waals surface area contributed by atoms with E-state index >= 15 is 0 Å². The topological polar surface area (TPSA) is 103 Å². The second kappa shape index (κ2) is 13.1. The maximum atomic E-state index is 13.6. The zero-order valence-corrected chi connectivity index (χ0v) is 26.3. The van der Waals surface area contributed by atoms with Gasteiger partial charge in [0.2, 0.25) is 11.9 Å². The Hall–Kier alpha value is -3.73. The zero-order valence-electron chi connectivity index (χ0n) is 25.6. The van der Waals surface area contributed by atoms with Crippen molar-refractivity contribution in [3.63, 3.8) is 0 Å². The van der Waals surface area contributed by atoms with Crippen LogP contribution in [0.2, 0.25) is 5.02 Å². The summed E-state index contributed by atoms with van der Waals surface area (Å²) in [7, 11) is 2.14. The Morgan fingerprint density at radius 2 is 1.84 bits per heavy atom. The Labute approximate surface area is 263 Å². The second-order valence-electron chi connectivity index (χ2n) is 12.0. The van der Waals surface area contributed by atoms with Crippen molar-refractivity contribution in [1.29, 1.82) is 0 Å². The van der Waals surface area contributed by atoms with Crippen molar-refractivity contribution in [3.8, 4) is 11.3 Å². The van der Waals surface area contributed by atoms with Crippen LogP contribution in [0.15, 0.2) is 48.7 Å². The van der Waals surface area contributed by atoms with Gasteiger partial charge in [0.15, 0.2) is 0 Å². The fourth-order valence-corrected chi connectivity index (χ4v) is 6.26. The van der Waals surface area contributed by atoms with Crippen LogP contribution in [0.1, 0.15) is 54.2 Å². The van der Waals surface area contributed by atoms with Gasteiger partial charge in [0, 0.05) is 68.8 Å². The minimum atomic E-state index is -0.639. The van der Waals surface area contributed by atoms with E-state index in [0.717, 1.165) is 55.7 Å². The Kier molecular flexibility index (Phi) is 9.02. The molecule has 2 amide bonds. The predicted molar refractivity (Wildman–Crippen MR) is 172 cm³/mol. The van der Waals surface area contributed by atoms with E-state index in [-0.39, 0.29) is 23.9 Å². The number of carbonyl (C=O) groups excluding carboxylic acids is 2. The summed E-state index contributed by atoms with van der Waals surface area (Å²) in [6.07, 6.45) is 3.36. The number of amides is 2. The molecule has 2 aromatic carbocycles. The van der Waals surface area contributed by atoms with Crippen LogP contribution < -0.4 is 15.5 Å². The first-order valence-electron chi connectivity index (χ1n) is 15.4. The van der Waals surface area contributed by atoms with Crippen LogP contribution >= 0.6 is 11.6 Å². The Morgan fingerprint density at radius 3 is 2.61 bits per heavy atom. The monoisotopic (exact) mass is 617 g/mol. The fourth-order valence-electron chi connectivity index (χ4n) is 6.06. The van der Waals surface area contributed by atoms with E-state index in [9.17, 15) is 9.59 Å². The summed E-state index contributed by atoms with van der Waals surface area (Å²) in [5.41, 5.74) is 4.92. The van der Waals surface area contributed by atoms with Gasteiger partial charge in [0.05, 0.1) is 23.0 Å². The summed E-state index contributed by atoms with van der Waals surface area (Å²) >= 11 is 6.51. The minimum Gasteiger partial charge on any atom is -0.381 e. The molecule has 0 bridgehead atoms. The molecule has 232 valence electrons. The lowest BCUT2D eigenvalue weighted by molar-refractivity contribution is -0.125. The normalized spacial score (nSPS) is 19.0. The molecule has 11 heteroatoms. The first-order chi connectivity index (χ1) is 21.3. The van der Waals surface area contributed by atoms with Crippen molar-refractivity contribution in [1.82, 2.24) is 25.1 Å². The van der Waals surface area contributed by atoms with Crippen LogP contribution in [0.4, 0.5) is 11.6 Å². The molecule has 10 nitrogen and oxygen atoms in total. The van der Waals surface area contributed by atoms with Crippen molar-refractivity contribution in [2.45, 2.75) is 51.4 Å². The predicted octanol–water partition coefficient (Wildman–Crippen LogP) is 4.36. The van der Waals surface area contributed by atoms with Gasteiger partial charge in [0.25, 0.3) is 5.91 Å². The van der Waals surface area contributed by atoms with E-state index < -0.39 is 6.04 Å². The van der Waals surface area contributed by atoms with Gasteiger partial charge in [-0.1, -0.05) is 35.9 Å². The summed E-state index contributed by atoms with van der Waals surface area (Å²) < 4.78 is 5.44. The molecule has 44 heavy (non-hydrogen) atoms. The molecule has 2 atom stereocenters. The molecule has 0 radical (unpaired) electrons. The number of carbonyl (C=O) groups is 2. The summed E-state index contributed by atoms with van der Waals surface area (Å²) in [6, 6.07) is 13.4. The molecule has 0 unspecified atom stereocenters. The number of hydrogen-bond acceptors (Lipinski definition) is 8. The third kappa shape index (κ3) is 6.52. The van der Waals surface area contributed by atoms with E-state index in [1.165, 1.54) is 5.69 Å². The Morgan fingerprint density at radius 1 is 1.07 bits per heavy atom. The summed E-state index contributed by atoms with van der Waals surface area (Å²) in [5.74, 6) is 0.129. The molecule has 1 aromatic heterocycles. The van der Waals surface area contributed by atoms with Gasteiger partial charge in [-0.05, 0) is 63.1 Å². The molecule has 4 heterocycles. The highest BCUT2D eigenvalue weighted by molar-refractivity contribution is 6.33. The lowest BCUT2D eigenvalue weighted by Gasteiger charge is -2.34. The lowest BCUT2D eigenvalue weighted by Crippen LogP contribution is -2.46. The van der Waals surface area contributed by atoms with Crippen LogP contribution in [0.3, 0.4) is 0 Å². The van der Waals surface area contributed by atoms with E-state index in [2.05, 4.69) is 49.6 Å². The molecular weight excluding hydrogens is 578 g/mol. The number of halogens is 1. The quantitative estimate of drug-likeness (QED) is 0.384. The van der Waals surface area contributed by atoms with Crippen molar-refractivity contribution >= 4 is 35.1 Å². The van der Waals surface area contributed by atoms with Gasteiger partial charge >= 0.3 is 0 Å². The third-order valence-corrected chi connectivity index (χ3v) is 9.23. The molecule has 0 aliphatic carbocycles. The van der Waals surface area contributed by atoms with Gasteiger partial charge in [-0.25, -0.2) is 9.97 Å². The number of nitrogens with zero attached hydrogens (tertiary/aromatic N) is 5. The smallest absolute Gasteiger partial charge is 0.255 e. The maximum Gasteiger partial charge on any atom is 0.255 e. The largest absolute Gasteiger partial charge is 0.381 e. The minimum absolute atomic E-state index is 0.181. The molecule has 2 fully saturated rings. The van der Waals surface area contributed by atoms with Crippen LogP contribution in [0, 0.1) is 0 Å². The molecule has 2 saturated heterocycles. The van der Waals surface area contributed by atoms with Gasteiger partial charge in [-0.3, -0.25) is 9.59 Å². The fraction of sp³-hybridized carbons (Fsp3) is 0.455. The highest BCUT2D eigenvalue weighted by atomic mass is 35.5. The van der Waals surface area contributed by atoms with Gasteiger partial charge in [0.1, 0.15) is 6.04 Å². The number of benzene rings is 2. The molecule has 0 saturated carbocycles. The van der Waals surface area contributed by atoms with Crippen molar-refractivity contribution in [2.75, 3.05) is 56.7 Å². The lowest BCUT2D eigenvalue weighted by atomic mass is 10.0. The van der Waals surface area contributed by atoms with E-state index in [1.54, 1.807) is 18.0 Å². The van der Waals surface area contributed by atoms with Crippen molar-refractivity contribution in [3.05, 3.63) is 70.4 Å². The standard InChI is InChI=1S/C33H40ClN7O3/c1-21(23-5-4-6-27(17-23)40-13-11-39(3)12-14-40)36-31(42)22(2)41-20-25-8-7-24(18-28(25)32(41)43)30-29(34)19-35-33(38-30)37-26-9-15-44-16-10-26/h4-8,17-19,21-22,26H,9-16,20H2,1-3H3,(H,36,42)(H,35,37,38)/t21-,22-/m1/s1. The van der Waals surface area contributed by atoms with Crippen LogP contribution in [0.5, 0.6) is 0 Å². The maximum absolute atomic E-state index is 13.6. The molecule has 6 rings (SSSR count). The first-order valence-corrected chi connectivity index (χ1v) is 15.8. The van der Waals surface area contributed by atoms with Gasteiger partial charge in [-0.15, -0.1) is 0 Å². The van der Waals surface area contributed by atoms with Crippen LogP contribution in [-0.4, -0.2) is 90.1 Å². The Balaban J connectivity index is 1.12. The number of anilines is 2. The molecule has 3 aliphatic heterocycles. The average molecular weight is 618 g/mol. The summed E-state index contributed by atoms with van der Waals surface area (Å²) in [5, 5.41) is 6.92. The van der Waals surface area contributed by atoms with Gasteiger partial charge < -0.3 is 30.1 Å². The highest BCUT2D eigenvalue weighted by Crippen LogP contribution is 2.33. The van der Waals surface area contributed by atoms with E-state index in [4.69, 9.17) is 16.3 Å². The van der Waals surface area contributed by atoms with E-state index in [0.29, 0.717) is 42.0 Å². The van der Waals surface area contributed by atoms with E-state index in [1.807, 2.05) is 37.3 Å². The number of fused-ring (bicyclic) bond motifs is 1. The number of ether oxygens (including phenoxy) is 1. The molecule has 0 spiro atoms. The number of nitrogens with one attached hydrogen (secondary N) is 2. The second-order valence-corrected chi connectivity index (χ2v) is 12.4. The molecule has 3 aromatic rings. The van der Waals surface area contributed by atoms with Crippen molar-refractivity contribution < 1.29 is 14.3 Å². The SMILES string of the molecule is C[C@H](C(=O)N[C@H](C)c1cccc(N2CCN(C)CC2)c1)N1Cc2ccc(-c3nc(NC4CCOCC4)ncc3Cl)cc2C1=O. The number of hydrogen-bond donors (Lipinski definition) is 2. The number of piperazine rings is 1. The number of rotatable bonds is 8. The highest BCUT2D eigenvalue weighted by Gasteiger charge is 2.35. The molecular formula is C33H40ClN7O3. The van der Waals surface area contributed by atoms with Gasteiger partial charge in [-0.2, -0.15) is 0 Å². The summed E-state index contributed by atoms with van der Waals surface area (Å²) in [6.45, 7) is 9.57. The third-order valence-electron chi connectivity index (χ3n) is 8.96. The molecule has 2 N–H and O–H groups in total.